The lowest BCUT2D eigenvalue weighted by atomic mass is 9.99. The van der Waals surface area contributed by atoms with Gasteiger partial charge in [0.05, 0.1) is 46.2 Å². The van der Waals surface area contributed by atoms with Crippen LogP contribution in [0.2, 0.25) is 10.0 Å². The normalized spacial score (nSPS) is 14.3. The molecule has 6 aromatic rings. The summed E-state index contributed by atoms with van der Waals surface area (Å²) in [4.78, 5) is 40.9. The molecule has 0 aliphatic heterocycles. The van der Waals surface area contributed by atoms with Crippen molar-refractivity contribution in [1.82, 2.24) is 48.9 Å². The second-order valence-corrected chi connectivity index (χ2v) is 18.8. The fourth-order valence-corrected chi connectivity index (χ4v) is 8.55. The summed E-state index contributed by atoms with van der Waals surface area (Å²) in [5.74, 6) is -7.08. The molecule has 0 spiro atoms. The van der Waals surface area contributed by atoms with E-state index in [1.165, 1.54) is 41.3 Å². The molecule has 8 rings (SSSR count). The summed E-state index contributed by atoms with van der Waals surface area (Å²) in [7, 11) is 1.53. The molecule has 0 bridgehead atoms. The van der Waals surface area contributed by atoms with E-state index in [9.17, 15) is 93.4 Å². The van der Waals surface area contributed by atoms with Gasteiger partial charge in [-0.2, -0.15) is 95.9 Å². The number of aromatic nitrogens is 8. The first-order valence-corrected chi connectivity index (χ1v) is 24.3. The number of carbonyl (C=O) groups is 3. The van der Waals surface area contributed by atoms with Crippen molar-refractivity contribution in [3.05, 3.63) is 93.7 Å². The maximum atomic E-state index is 14.9. The van der Waals surface area contributed by atoms with E-state index in [2.05, 4.69) is 29.9 Å². The number of halogens is 20. The molecule has 0 N–H and O–H groups in total. The number of amides is 3. The van der Waals surface area contributed by atoms with E-state index in [4.69, 9.17) is 33.2 Å². The highest BCUT2D eigenvalue weighted by Gasteiger charge is 2.77. The number of ether oxygens (including phenoxy) is 3. The molecular weight excluding hydrogens is 1230 g/mol. The van der Waals surface area contributed by atoms with Gasteiger partial charge >= 0.3 is 55.4 Å². The Kier molecular flexibility index (Phi) is 17.6. The topological polar surface area (TPSA) is 180 Å². The fourth-order valence-electron chi connectivity index (χ4n) is 8.15. The third-order valence-electron chi connectivity index (χ3n) is 12.3. The number of benzene rings is 2. The van der Waals surface area contributed by atoms with Gasteiger partial charge in [0.25, 0.3) is 11.8 Å². The first kappa shape index (κ1) is 63.7. The van der Waals surface area contributed by atoms with Gasteiger partial charge in [0, 0.05) is 49.7 Å². The van der Waals surface area contributed by atoms with Gasteiger partial charge in [-0.1, -0.05) is 35.3 Å². The quantitative estimate of drug-likeness (QED) is 0.0664. The Morgan fingerprint density at radius 3 is 1.35 bits per heavy atom. The zero-order chi connectivity index (χ0) is 62.6. The van der Waals surface area contributed by atoms with Crippen LogP contribution in [-0.2, 0) is 30.2 Å². The Labute approximate surface area is 468 Å². The summed E-state index contributed by atoms with van der Waals surface area (Å²) >= 11 is 12.4. The van der Waals surface area contributed by atoms with Crippen molar-refractivity contribution in [2.24, 2.45) is 14.1 Å². The molecule has 4 aromatic heterocycles. The van der Waals surface area contributed by atoms with E-state index in [0.717, 1.165) is 43.8 Å². The lowest BCUT2D eigenvalue weighted by Crippen LogP contribution is -2.51. The van der Waals surface area contributed by atoms with Crippen molar-refractivity contribution in [3.8, 4) is 51.5 Å². The number of nitriles is 1. The van der Waals surface area contributed by atoms with Crippen molar-refractivity contribution in [1.29, 1.82) is 5.26 Å². The van der Waals surface area contributed by atoms with E-state index in [1.54, 1.807) is 6.92 Å². The Bertz CT molecular complexity index is 3460. The number of hydrogen-bond acceptors (Lipinski definition) is 11. The van der Waals surface area contributed by atoms with Crippen molar-refractivity contribution < 1.29 is 108 Å². The molecule has 2 saturated carbocycles. The van der Waals surface area contributed by atoms with Gasteiger partial charge in [-0.3, -0.25) is 9.59 Å². The Hall–Kier alpha value is -7.90. The third-order valence-corrected chi connectivity index (χ3v) is 13.0. The zero-order valence-electron chi connectivity index (χ0n) is 42.3. The van der Waals surface area contributed by atoms with Crippen LogP contribution in [-0.4, -0.2) is 130 Å². The number of aryl methyl sites for hydroxylation is 2. The van der Waals surface area contributed by atoms with Crippen LogP contribution in [0.5, 0.6) is 11.5 Å². The van der Waals surface area contributed by atoms with Gasteiger partial charge < -0.3 is 19.1 Å². The van der Waals surface area contributed by atoms with Gasteiger partial charge in [-0.15, -0.1) is 0 Å². The van der Waals surface area contributed by atoms with E-state index >= 15 is 0 Å². The SMILES string of the molecule is CCOC(=O)N(C(=O)c1cc(-c2cnn(-c3c(OC(F)F)c(C(F)(C(F)(F)F)C(F)(F)F)nn3C)c2)ccc1Cl)C1CC1.Cn1nc(C(F)(C(F)(F)F)C(F)(F)F)c(OC(F)F)c1-n1cc(-c2ccc(Cl)c(C(=O)N(CC#N)C3CC3)c2)cn1. The molecule has 0 atom stereocenters. The first-order valence-electron chi connectivity index (χ1n) is 23.5. The largest absolute Gasteiger partial charge is 0.449 e. The first-order chi connectivity index (χ1) is 38.9. The number of nitrogens with zero attached hydrogens (tertiary/aromatic N) is 11. The van der Waals surface area contributed by atoms with Crippen LogP contribution >= 0.6 is 23.2 Å². The summed E-state index contributed by atoms with van der Waals surface area (Å²) in [6, 6.07) is 9.22. The molecular formula is C47H35Cl2F18N11O6. The van der Waals surface area contributed by atoms with Crippen LogP contribution in [0, 0.1) is 11.3 Å². The number of carbonyl (C=O) groups excluding carboxylic acids is 3. The second-order valence-electron chi connectivity index (χ2n) is 18.0. The molecule has 2 aliphatic carbocycles. The van der Waals surface area contributed by atoms with Gasteiger partial charge in [-0.05, 0) is 68.0 Å². The standard InChI is InChI=1S/C24H19ClF9N5O4.C23H16ClF9N6O2/c1-3-42-21(41)39(13-5-6-13)19(40)14-8-11(4-7-15(14)25)12-9-35-38(10-12)18-16(43-20(26)27)17(36-37(18)2)22(28,23(29,30)31)24(32,33)34;1-37-18(16(41-20(25)26)17(36-37)21(27,22(28,29)30)23(31,32)33)39-10-12(9-35-39)11-2-5-15(24)14(8-11)19(40)38(7-6-34)13-3-4-13/h4,7-10,13,20H,3,5-6H2,1-2H3;2,5,8-10,13,20H,3-4,7H2,1H3. The Morgan fingerprint density at radius 1 is 0.631 bits per heavy atom. The summed E-state index contributed by atoms with van der Waals surface area (Å²) in [6.07, 6.45) is -21.1. The molecule has 0 unspecified atom stereocenters. The van der Waals surface area contributed by atoms with Crippen molar-refractivity contribution in [3.63, 3.8) is 0 Å². The van der Waals surface area contributed by atoms with Crippen LogP contribution in [0.25, 0.3) is 33.9 Å². The van der Waals surface area contributed by atoms with Gasteiger partial charge in [0.2, 0.25) is 0 Å². The third kappa shape index (κ3) is 12.2. The van der Waals surface area contributed by atoms with E-state index in [-0.39, 0.29) is 72.0 Å². The Balaban J connectivity index is 0.000000241. The van der Waals surface area contributed by atoms with E-state index in [0.29, 0.717) is 35.0 Å². The highest BCUT2D eigenvalue weighted by atomic mass is 35.5. The van der Waals surface area contributed by atoms with E-state index < -0.39 is 108 Å². The summed E-state index contributed by atoms with van der Waals surface area (Å²) in [6.45, 7) is -6.62. The van der Waals surface area contributed by atoms with Crippen LogP contribution < -0.4 is 9.47 Å². The molecule has 454 valence electrons. The smallest absolute Gasteiger partial charge is 0.437 e. The maximum Gasteiger partial charge on any atom is 0.437 e. The monoisotopic (exact) mass is 1260 g/mol. The van der Waals surface area contributed by atoms with Crippen LogP contribution in [0.1, 0.15) is 64.7 Å². The Morgan fingerprint density at radius 2 is 1.01 bits per heavy atom. The predicted molar refractivity (Wildman–Crippen MR) is 250 cm³/mol. The lowest BCUT2D eigenvalue weighted by molar-refractivity contribution is -0.351. The summed E-state index contributed by atoms with van der Waals surface area (Å²) in [5.41, 5.74) is -17.0. The molecule has 0 saturated heterocycles. The molecule has 2 fully saturated rings. The maximum absolute atomic E-state index is 14.9. The molecule has 84 heavy (non-hydrogen) atoms. The highest BCUT2D eigenvalue weighted by Crippen LogP contribution is 2.57. The molecule has 2 aromatic carbocycles. The minimum absolute atomic E-state index is 0.00918. The molecule has 4 heterocycles. The number of rotatable bonds is 16. The second kappa shape index (κ2) is 23.3. The lowest BCUT2D eigenvalue weighted by Gasteiger charge is -2.28. The summed E-state index contributed by atoms with van der Waals surface area (Å²) in [5, 5.41) is 22.4. The van der Waals surface area contributed by atoms with Gasteiger partial charge in [0.15, 0.2) is 34.5 Å². The fraction of sp³-hybridized carbons (Fsp3) is 0.404. The molecule has 3 amide bonds. The van der Waals surface area contributed by atoms with Crippen LogP contribution in [0.3, 0.4) is 0 Å². The minimum Gasteiger partial charge on any atom is -0.449 e. The number of alkyl halides is 18. The average Bonchev–Trinajstić information content (AvgIpc) is 2.88. The minimum atomic E-state index is -6.67. The van der Waals surface area contributed by atoms with Crippen molar-refractivity contribution in [2.45, 2.75) is 94.0 Å². The summed E-state index contributed by atoms with van der Waals surface area (Å²) < 4.78 is 258. The molecule has 17 nitrogen and oxygen atoms in total. The molecule has 37 heteroatoms. The average molecular weight is 1260 g/mol. The van der Waals surface area contributed by atoms with Gasteiger partial charge in [0.1, 0.15) is 6.54 Å². The number of hydrogen-bond donors (Lipinski definition) is 0. The van der Waals surface area contributed by atoms with E-state index in [1.807, 2.05) is 6.07 Å². The molecule has 2 aliphatic rings. The predicted octanol–water partition coefficient (Wildman–Crippen LogP) is 12.5. The molecule has 0 radical (unpaired) electrons. The van der Waals surface area contributed by atoms with Crippen molar-refractivity contribution in [2.75, 3.05) is 13.2 Å². The van der Waals surface area contributed by atoms with Crippen molar-refractivity contribution >= 4 is 41.1 Å². The highest BCUT2D eigenvalue weighted by molar-refractivity contribution is 6.34. The van der Waals surface area contributed by atoms with Crippen LogP contribution in [0.4, 0.5) is 83.8 Å². The number of imide groups is 1. The zero-order valence-corrected chi connectivity index (χ0v) is 43.8. The van der Waals surface area contributed by atoms with Gasteiger partial charge in [-0.25, -0.2) is 37.2 Å². The van der Waals surface area contributed by atoms with Crippen LogP contribution in [0.15, 0.2) is 61.2 Å².